The summed E-state index contributed by atoms with van der Waals surface area (Å²) < 4.78 is 0. The number of Topliss-reactive ketones (excluding diaryl/α,β-unsaturated/α-hetero) is 2. The van der Waals surface area contributed by atoms with Gasteiger partial charge in [0.1, 0.15) is 0 Å². The van der Waals surface area contributed by atoms with Gasteiger partial charge in [0, 0.05) is 54.0 Å². The van der Waals surface area contributed by atoms with Gasteiger partial charge in [0.05, 0.1) is 11.1 Å². The van der Waals surface area contributed by atoms with Gasteiger partial charge >= 0.3 is 5.97 Å². The molecule has 0 saturated heterocycles. The van der Waals surface area contributed by atoms with E-state index in [4.69, 9.17) is 0 Å². The Balaban J connectivity index is 0.901. The molecule has 3 aliphatic rings. The van der Waals surface area contributed by atoms with Crippen molar-refractivity contribution in [3.63, 3.8) is 0 Å². The maximum absolute atomic E-state index is 13.1. The van der Waals surface area contributed by atoms with Crippen LogP contribution >= 0.6 is 22.7 Å². The van der Waals surface area contributed by atoms with E-state index in [1.54, 1.807) is 17.4 Å². The number of hydrogen-bond acceptors (Lipinski definition) is 6. The lowest BCUT2D eigenvalue weighted by molar-refractivity contribution is 0.0696. The van der Waals surface area contributed by atoms with Gasteiger partial charge in [-0.25, -0.2) is 4.79 Å². The fourth-order valence-corrected chi connectivity index (χ4v) is 10.8. The first-order valence-corrected chi connectivity index (χ1v) is 20.8. The lowest BCUT2D eigenvalue weighted by atomic mass is 9.95. The van der Waals surface area contributed by atoms with Crippen LogP contribution in [0.15, 0.2) is 151 Å². The number of rotatable bonds is 8. The molecule has 57 heavy (non-hydrogen) atoms. The monoisotopic (exact) mass is 777 g/mol. The Bertz CT molecular complexity index is 2750. The van der Waals surface area contributed by atoms with Crippen molar-refractivity contribution in [1.29, 1.82) is 0 Å². The van der Waals surface area contributed by atoms with E-state index in [1.807, 2.05) is 12.1 Å². The first-order chi connectivity index (χ1) is 27.9. The summed E-state index contributed by atoms with van der Waals surface area (Å²) in [7, 11) is 0. The molecule has 0 spiro atoms. The van der Waals surface area contributed by atoms with Crippen LogP contribution in [0.5, 0.6) is 0 Å². The van der Waals surface area contributed by atoms with Crippen LogP contribution in [0.4, 0.5) is 11.4 Å². The Labute approximate surface area is 338 Å². The summed E-state index contributed by atoms with van der Waals surface area (Å²) in [5.74, 6) is -1.44. The zero-order chi connectivity index (χ0) is 38.6. The number of carboxylic acid groups (broad SMARTS) is 1. The minimum absolute atomic E-state index is 0.0114. The number of fused-ring (bicyclic) bond motifs is 4. The normalized spacial score (nSPS) is 17.5. The molecular formula is C50H35NO4S2. The molecule has 7 heteroatoms. The van der Waals surface area contributed by atoms with Crippen LogP contribution < -0.4 is 4.90 Å². The van der Waals surface area contributed by atoms with E-state index in [9.17, 15) is 19.5 Å². The van der Waals surface area contributed by atoms with Crippen molar-refractivity contribution in [3.8, 4) is 20.2 Å². The molecule has 0 bridgehead atoms. The standard InChI is InChI=1S/C50H35NO4S2/c52-48-38-21-16-34(50(54)55)28-41(38)49(53)42(48)29-36-20-23-46(56-36)47-25-24-45(57-47)33-17-22-44-40(27-33)37-12-7-13-43(37)51(44)35-18-14-30(15-19-35)26-39(31-8-3-1-4-9-31)32-10-5-2-6-11-32/h1-6,8-11,14-29,37,43H,7,12-13H2,(H,54,55)/b42-29+. The van der Waals surface area contributed by atoms with E-state index in [-0.39, 0.29) is 28.0 Å². The topological polar surface area (TPSA) is 74.7 Å². The predicted molar refractivity (Wildman–Crippen MR) is 232 cm³/mol. The van der Waals surface area contributed by atoms with Gasteiger partial charge in [-0.2, -0.15) is 0 Å². The van der Waals surface area contributed by atoms with Gasteiger partial charge in [0.2, 0.25) is 0 Å². The third kappa shape index (κ3) is 6.29. The average Bonchev–Trinajstić information content (AvgIpc) is 4.10. The van der Waals surface area contributed by atoms with Crippen LogP contribution in [-0.4, -0.2) is 28.7 Å². The van der Waals surface area contributed by atoms with E-state index >= 15 is 0 Å². The number of nitrogens with zero attached hydrogens (tertiary/aromatic N) is 1. The summed E-state index contributed by atoms with van der Waals surface area (Å²) >= 11 is 3.27. The zero-order valence-corrected chi connectivity index (χ0v) is 32.4. The summed E-state index contributed by atoms with van der Waals surface area (Å²) in [6.45, 7) is 0. The molecule has 2 aliphatic carbocycles. The SMILES string of the molecule is O=C(O)c1ccc2c(c1)C(=O)/C(=C/c1ccc(-c3ccc(-c4ccc5c(c4)C4CCCC4N5c4ccc(C=C(c5ccccc5)c5ccccc5)cc4)s3)s1)C2=O. The molecule has 0 radical (unpaired) electrons. The fourth-order valence-electron chi connectivity index (χ4n) is 8.73. The summed E-state index contributed by atoms with van der Waals surface area (Å²) in [5, 5.41) is 9.35. The van der Waals surface area contributed by atoms with Crippen LogP contribution in [0.2, 0.25) is 0 Å². The van der Waals surface area contributed by atoms with Gasteiger partial charge in [-0.1, -0.05) is 85.3 Å². The summed E-state index contributed by atoms with van der Waals surface area (Å²) in [6.07, 6.45) is 7.51. The lowest BCUT2D eigenvalue weighted by Gasteiger charge is -2.27. The van der Waals surface area contributed by atoms with E-state index in [0.717, 1.165) is 14.6 Å². The van der Waals surface area contributed by atoms with Crippen LogP contribution in [0.1, 0.15) is 83.4 Å². The van der Waals surface area contributed by atoms with Crippen LogP contribution in [0.3, 0.4) is 0 Å². The minimum Gasteiger partial charge on any atom is -0.478 e. The van der Waals surface area contributed by atoms with E-state index < -0.39 is 11.8 Å². The third-order valence-electron chi connectivity index (χ3n) is 11.4. The Kier molecular flexibility index (Phi) is 8.77. The quantitative estimate of drug-likeness (QED) is 0.0945. The first-order valence-electron chi connectivity index (χ1n) is 19.1. The molecule has 3 heterocycles. The Morgan fingerprint density at radius 2 is 1.33 bits per heavy atom. The second kappa shape index (κ2) is 14.3. The molecular weight excluding hydrogens is 743 g/mol. The number of hydrogen-bond donors (Lipinski definition) is 1. The van der Waals surface area contributed by atoms with Gasteiger partial charge in [-0.3, -0.25) is 9.59 Å². The van der Waals surface area contributed by atoms with Gasteiger partial charge in [0.25, 0.3) is 0 Å². The molecule has 7 aromatic rings. The fraction of sp³-hybridized carbons (Fsp3) is 0.100. The molecule has 2 aromatic heterocycles. The van der Waals surface area contributed by atoms with Crippen molar-refractivity contribution in [2.75, 3.05) is 4.90 Å². The molecule has 2 unspecified atom stereocenters. The van der Waals surface area contributed by atoms with Crippen molar-refractivity contribution in [2.45, 2.75) is 31.2 Å². The predicted octanol–water partition coefficient (Wildman–Crippen LogP) is 12.7. The maximum atomic E-state index is 13.1. The molecule has 1 N–H and O–H groups in total. The molecule has 5 aromatic carbocycles. The van der Waals surface area contributed by atoms with E-state index in [0.29, 0.717) is 12.0 Å². The van der Waals surface area contributed by atoms with Crippen molar-refractivity contribution in [1.82, 2.24) is 0 Å². The molecule has 5 nitrogen and oxygen atoms in total. The smallest absolute Gasteiger partial charge is 0.335 e. The highest BCUT2D eigenvalue weighted by molar-refractivity contribution is 7.24. The number of carboxylic acids is 1. The van der Waals surface area contributed by atoms with Crippen molar-refractivity contribution < 1.29 is 19.5 Å². The van der Waals surface area contributed by atoms with Gasteiger partial charge in [-0.15, -0.1) is 22.7 Å². The molecule has 1 aliphatic heterocycles. The van der Waals surface area contributed by atoms with E-state index in [2.05, 4.69) is 126 Å². The molecule has 0 amide bonds. The highest BCUT2D eigenvalue weighted by Gasteiger charge is 2.42. The number of aromatic carboxylic acids is 1. The maximum Gasteiger partial charge on any atom is 0.335 e. The third-order valence-corrected chi connectivity index (χ3v) is 13.8. The summed E-state index contributed by atoms with van der Waals surface area (Å²) in [5.41, 5.74) is 10.4. The second-order valence-corrected chi connectivity index (χ2v) is 17.0. The lowest BCUT2D eigenvalue weighted by Crippen LogP contribution is -2.26. The first kappa shape index (κ1) is 35.0. The summed E-state index contributed by atoms with van der Waals surface area (Å²) in [6, 6.07) is 50.0. The summed E-state index contributed by atoms with van der Waals surface area (Å²) in [4.78, 5) is 44.4. The number of thiophene rings is 2. The Hall–Kier alpha value is -6.41. The van der Waals surface area contributed by atoms with Crippen molar-refractivity contribution in [2.24, 2.45) is 0 Å². The number of carbonyl (C=O) groups excluding carboxylic acids is 2. The van der Waals surface area contributed by atoms with E-state index in [1.165, 1.54) is 98.4 Å². The van der Waals surface area contributed by atoms with Crippen molar-refractivity contribution in [3.05, 3.63) is 195 Å². The zero-order valence-electron chi connectivity index (χ0n) is 30.7. The van der Waals surface area contributed by atoms with Gasteiger partial charge in [0.15, 0.2) is 11.6 Å². The van der Waals surface area contributed by atoms with Crippen molar-refractivity contribution >= 4 is 69.3 Å². The Morgan fingerprint density at radius 1 is 0.649 bits per heavy atom. The van der Waals surface area contributed by atoms with Gasteiger partial charge in [-0.05, 0) is 125 Å². The molecule has 1 saturated carbocycles. The second-order valence-electron chi connectivity index (χ2n) is 14.8. The molecule has 1 fully saturated rings. The van der Waals surface area contributed by atoms with Crippen LogP contribution in [0.25, 0.3) is 37.9 Å². The minimum atomic E-state index is -1.13. The number of allylic oxidation sites excluding steroid dienone is 1. The molecule has 10 rings (SSSR count). The number of ketones is 2. The number of anilines is 2. The highest BCUT2D eigenvalue weighted by Crippen LogP contribution is 2.53. The van der Waals surface area contributed by atoms with Gasteiger partial charge < -0.3 is 10.0 Å². The molecule has 276 valence electrons. The highest BCUT2D eigenvalue weighted by atomic mass is 32.1. The largest absolute Gasteiger partial charge is 0.478 e. The molecule has 2 atom stereocenters. The number of carbonyl (C=O) groups is 3. The Morgan fingerprint density at radius 3 is 2.07 bits per heavy atom. The number of benzene rings is 5. The van der Waals surface area contributed by atoms with Crippen LogP contribution in [0, 0.1) is 0 Å². The average molecular weight is 778 g/mol. The van der Waals surface area contributed by atoms with Crippen LogP contribution in [-0.2, 0) is 0 Å².